The van der Waals surface area contributed by atoms with E-state index in [9.17, 15) is 0 Å². The molecule has 0 aromatic carbocycles. The standard InChI is InChI=1S/C17H31N/c1-4-8-15-11-17(12-15,13-18-14(2)3)16-9-6-5-7-10-16/h9,14-15,18H,4-8,10-13H2,1-3H3. The molecule has 2 rings (SSSR count). The molecule has 0 atom stereocenters. The van der Waals surface area contributed by atoms with Crippen molar-refractivity contribution in [1.29, 1.82) is 0 Å². The van der Waals surface area contributed by atoms with E-state index in [1.807, 2.05) is 0 Å². The molecule has 0 radical (unpaired) electrons. The van der Waals surface area contributed by atoms with Crippen molar-refractivity contribution >= 4 is 0 Å². The van der Waals surface area contributed by atoms with Crippen molar-refractivity contribution < 1.29 is 0 Å². The van der Waals surface area contributed by atoms with Crippen LogP contribution < -0.4 is 5.32 Å². The molecule has 1 N–H and O–H groups in total. The summed E-state index contributed by atoms with van der Waals surface area (Å²) >= 11 is 0. The highest BCUT2D eigenvalue weighted by atomic mass is 14.9. The van der Waals surface area contributed by atoms with Crippen molar-refractivity contribution in [3.05, 3.63) is 11.6 Å². The zero-order valence-corrected chi connectivity index (χ0v) is 12.6. The largest absolute Gasteiger partial charge is 0.314 e. The van der Waals surface area contributed by atoms with Gasteiger partial charge in [-0.25, -0.2) is 0 Å². The van der Waals surface area contributed by atoms with Crippen LogP contribution in [0.3, 0.4) is 0 Å². The molecular weight excluding hydrogens is 218 g/mol. The van der Waals surface area contributed by atoms with Crippen LogP contribution in [-0.2, 0) is 0 Å². The molecule has 0 aromatic heterocycles. The molecule has 0 bridgehead atoms. The SMILES string of the molecule is CCCC1CC(CNC(C)C)(C2=CCCCC2)C1. The molecule has 1 saturated carbocycles. The van der Waals surface area contributed by atoms with Gasteiger partial charge in [0.25, 0.3) is 0 Å². The zero-order chi connectivity index (χ0) is 13.0. The number of hydrogen-bond donors (Lipinski definition) is 1. The summed E-state index contributed by atoms with van der Waals surface area (Å²) in [5.41, 5.74) is 2.35. The minimum absolute atomic E-state index is 0.546. The summed E-state index contributed by atoms with van der Waals surface area (Å²) in [7, 11) is 0. The van der Waals surface area contributed by atoms with Crippen molar-refractivity contribution in [2.45, 2.75) is 78.2 Å². The van der Waals surface area contributed by atoms with E-state index in [0.717, 1.165) is 5.92 Å². The third kappa shape index (κ3) is 3.17. The molecule has 104 valence electrons. The second-order valence-electron chi connectivity index (χ2n) is 6.85. The van der Waals surface area contributed by atoms with Gasteiger partial charge in [-0.3, -0.25) is 0 Å². The summed E-state index contributed by atoms with van der Waals surface area (Å²) < 4.78 is 0. The summed E-state index contributed by atoms with van der Waals surface area (Å²) in [5.74, 6) is 1.01. The average Bonchev–Trinajstić information content (AvgIpc) is 2.33. The first-order valence-corrected chi connectivity index (χ1v) is 8.09. The Kier molecular flexibility index (Phi) is 4.89. The number of hydrogen-bond acceptors (Lipinski definition) is 1. The van der Waals surface area contributed by atoms with Gasteiger partial charge in [0.15, 0.2) is 0 Å². The Hall–Kier alpha value is -0.300. The van der Waals surface area contributed by atoms with Crippen LogP contribution in [0.25, 0.3) is 0 Å². The van der Waals surface area contributed by atoms with Crippen LogP contribution in [0.15, 0.2) is 11.6 Å². The van der Waals surface area contributed by atoms with E-state index < -0.39 is 0 Å². The van der Waals surface area contributed by atoms with Crippen molar-refractivity contribution in [3.63, 3.8) is 0 Å². The molecule has 0 spiro atoms. The molecule has 0 unspecified atom stereocenters. The van der Waals surface area contributed by atoms with E-state index in [4.69, 9.17) is 0 Å². The Morgan fingerprint density at radius 3 is 2.67 bits per heavy atom. The Morgan fingerprint density at radius 2 is 2.11 bits per heavy atom. The molecule has 2 aliphatic rings. The first-order chi connectivity index (χ1) is 8.66. The van der Waals surface area contributed by atoms with Crippen LogP contribution >= 0.6 is 0 Å². The van der Waals surface area contributed by atoms with E-state index in [2.05, 4.69) is 32.2 Å². The average molecular weight is 249 g/mol. The van der Waals surface area contributed by atoms with Gasteiger partial charge >= 0.3 is 0 Å². The molecule has 0 aromatic rings. The second-order valence-corrected chi connectivity index (χ2v) is 6.85. The third-order valence-corrected chi connectivity index (χ3v) is 4.88. The summed E-state index contributed by atoms with van der Waals surface area (Å²) in [6.07, 6.45) is 13.8. The molecule has 1 fully saturated rings. The zero-order valence-electron chi connectivity index (χ0n) is 12.6. The first-order valence-electron chi connectivity index (χ1n) is 8.09. The molecule has 18 heavy (non-hydrogen) atoms. The molecule has 0 heterocycles. The monoisotopic (exact) mass is 249 g/mol. The minimum Gasteiger partial charge on any atom is -0.314 e. The van der Waals surface area contributed by atoms with Gasteiger partial charge in [-0.1, -0.05) is 45.3 Å². The Balaban J connectivity index is 1.97. The highest BCUT2D eigenvalue weighted by molar-refractivity contribution is 5.22. The minimum atomic E-state index is 0.546. The molecule has 0 aliphatic heterocycles. The number of nitrogens with one attached hydrogen (secondary N) is 1. The van der Waals surface area contributed by atoms with E-state index >= 15 is 0 Å². The number of allylic oxidation sites excluding steroid dienone is 1. The first kappa shape index (κ1) is 14.1. The fourth-order valence-electron chi connectivity index (χ4n) is 3.90. The summed E-state index contributed by atoms with van der Waals surface area (Å²) in [6.45, 7) is 8.08. The van der Waals surface area contributed by atoms with Gasteiger partial charge in [0.1, 0.15) is 0 Å². The van der Waals surface area contributed by atoms with Crippen LogP contribution in [0, 0.1) is 11.3 Å². The van der Waals surface area contributed by atoms with Crippen molar-refractivity contribution in [3.8, 4) is 0 Å². The lowest BCUT2D eigenvalue weighted by Gasteiger charge is -2.51. The van der Waals surface area contributed by atoms with Crippen LogP contribution in [0.2, 0.25) is 0 Å². The van der Waals surface area contributed by atoms with E-state index in [1.54, 1.807) is 5.57 Å². The fraction of sp³-hybridized carbons (Fsp3) is 0.882. The van der Waals surface area contributed by atoms with Gasteiger partial charge in [-0.15, -0.1) is 0 Å². The van der Waals surface area contributed by atoms with Gasteiger partial charge in [-0.05, 0) is 44.4 Å². The number of rotatable bonds is 6. The van der Waals surface area contributed by atoms with Crippen molar-refractivity contribution in [2.24, 2.45) is 11.3 Å². The highest BCUT2D eigenvalue weighted by Gasteiger charge is 2.45. The van der Waals surface area contributed by atoms with Crippen LogP contribution in [0.1, 0.15) is 72.1 Å². The lowest BCUT2D eigenvalue weighted by molar-refractivity contribution is 0.0784. The molecule has 0 amide bonds. The Labute approximate surface area is 113 Å². The van der Waals surface area contributed by atoms with Crippen molar-refractivity contribution in [1.82, 2.24) is 5.32 Å². The molecule has 1 nitrogen and oxygen atoms in total. The second kappa shape index (κ2) is 6.23. The molecule has 2 aliphatic carbocycles. The summed E-state index contributed by atoms with van der Waals surface area (Å²) in [4.78, 5) is 0. The highest BCUT2D eigenvalue weighted by Crippen LogP contribution is 2.54. The summed E-state index contributed by atoms with van der Waals surface area (Å²) in [5, 5.41) is 3.71. The lowest BCUT2D eigenvalue weighted by atomic mass is 9.55. The van der Waals surface area contributed by atoms with Gasteiger partial charge in [0.05, 0.1) is 0 Å². The molecule has 0 saturated heterocycles. The predicted octanol–water partition coefficient (Wildman–Crippen LogP) is 4.68. The van der Waals surface area contributed by atoms with E-state index in [0.29, 0.717) is 11.5 Å². The van der Waals surface area contributed by atoms with Gasteiger partial charge in [-0.2, -0.15) is 0 Å². The molecular formula is C17H31N. The maximum atomic E-state index is 3.71. The third-order valence-electron chi connectivity index (χ3n) is 4.88. The van der Waals surface area contributed by atoms with Gasteiger partial charge in [0, 0.05) is 18.0 Å². The Bertz CT molecular complexity index is 284. The summed E-state index contributed by atoms with van der Waals surface area (Å²) in [6, 6.07) is 0.622. The maximum absolute atomic E-state index is 3.71. The maximum Gasteiger partial charge on any atom is 0.00478 e. The van der Waals surface area contributed by atoms with Gasteiger partial charge < -0.3 is 5.32 Å². The topological polar surface area (TPSA) is 12.0 Å². The van der Waals surface area contributed by atoms with Gasteiger partial charge in [0.2, 0.25) is 0 Å². The van der Waals surface area contributed by atoms with Crippen LogP contribution in [0.4, 0.5) is 0 Å². The van der Waals surface area contributed by atoms with E-state index in [-0.39, 0.29) is 0 Å². The Morgan fingerprint density at radius 1 is 1.33 bits per heavy atom. The van der Waals surface area contributed by atoms with E-state index in [1.165, 1.54) is 57.9 Å². The molecule has 1 heteroatoms. The van der Waals surface area contributed by atoms with Crippen molar-refractivity contribution in [2.75, 3.05) is 6.54 Å². The normalized spacial score (nSPS) is 32.2. The quantitative estimate of drug-likeness (QED) is 0.674. The smallest absolute Gasteiger partial charge is 0.00478 e. The van der Waals surface area contributed by atoms with Crippen LogP contribution in [0.5, 0.6) is 0 Å². The fourth-order valence-corrected chi connectivity index (χ4v) is 3.90. The predicted molar refractivity (Wildman–Crippen MR) is 79.8 cm³/mol. The van der Waals surface area contributed by atoms with Crippen LogP contribution in [-0.4, -0.2) is 12.6 Å². The lowest BCUT2D eigenvalue weighted by Crippen LogP contribution is -2.48.